The molecule has 0 aliphatic heterocycles. The van der Waals surface area contributed by atoms with E-state index in [2.05, 4.69) is 15.3 Å². The van der Waals surface area contributed by atoms with E-state index in [0.29, 0.717) is 28.3 Å². The van der Waals surface area contributed by atoms with Gasteiger partial charge in [-0.05, 0) is 38.5 Å². The number of aromatic amines is 1. The van der Waals surface area contributed by atoms with Crippen LogP contribution in [0.2, 0.25) is 0 Å². The molecule has 144 valence electrons. The Bertz CT molecular complexity index is 1030. The topological polar surface area (TPSA) is 101 Å². The van der Waals surface area contributed by atoms with Gasteiger partial charge >= 0.3 is 0 Å². The highest BCUT2D eigenvalue weighted by Gasteiger charge is 2.17. The predicted molar refractivity (Wildman–Crippen MR) is 117 cm³/mol. The first-order valence-corrected chi connectivity index (χ1v) is 9.99. The average Bonchev–Trinajstić information content (AvgIpc) is 2.89. The van der Waals surface area contributed by atoms with Crippen LogP contribution in [0.4, 0.5) is 11.4 Å². The number of nitrogen functional groups attached to an aromatic ring is 1. The van der Waals surface area contributed by atoms with E-state index in [4.69, 9.17) is 5.73 Å². The third-order valence-corrected chi connectivity index (χ3v) is 6.40. The van der Waals surface area contributed by atoms with Crippen LogP contribution in [0.25, 0.3) is 10.2 Å². The molecule has 0 saturated carbocycles. The number of hydrogen-bond acceptors (Lipinski definition) is 6. The van der Waals surface area contributed by atoms with E-state index in [-0.39, 0.29) is 29.1 Å². The van der Waals surface area contributed by atoms with Crippen LogP contribution in [-0.2, 0) is 10.5 Å². The van der Waals surface area contributed by atoms with Crippen molar-refractivity contribution in [2.45, 2.75) is 31.8 Å². The first-order valence-electron chi connectivity index (χ1n) is 8.12. The van der Waals surface area contributed by atoms with Crippen molar-refractivity contribution in [1.29, 1.82) is 0 Å². The number of amides is 1. The van der Waals surface area contributed by atoms with Crippen LogP contribution in [0, 0.1) is 13.8 Å². The summed E-state index contributed by atoms with van der Waals surface area (Å²) in [5.41, 5.74) is 7.83. The molecule has 4 N–H and O–H groups in total. The van der Waals surface area contributed by atoms with Crippen molar-refractivity contribution in [1.82, 2.24) is 9.97 Å². The Kier molecular flexibility index (Phi) is 6.91. The number of H-pyrrole nitrogens is 1. The standard InChI is InChI=1S/C18H20N4O2S2.ClH/c1-9-10(2)26-18-15(9)17(24)21-14(22-18)8-25-11(3)16(23)20-13-7-5-4-6-12(13)19;/h4-7,11H,8,19H2,1-3H3,(H,20,23)(H,21,22,24);1H. The molecule has 27 heavy (non-hydrogen) atoms. The Hall–Kier alpha value is -2.03. The summed E-state index contributed by atoms with van der Waals surface area (Å²) in [5, 5.41) is 3.16. The minimum absolute atomic E-state index is 0. The summed E-state index contributed by atoms with van der Waals surface area (Å²) in [7, 11) is 0. The van der Waals surface area contributed by atoms with Gasteiger partial charge < -0.3 is 16.0 Å². The molecule has 3 rings (SSSR count). The number of rotatable bonds is 5. The Labute approximate surface area is 171 Å². The van der Waals surface area contributed by atoms with E-state index in [0.717, 1.165) is 15.3 Å². The molecule has 0 saturated heterocycles. The molecule has 2 heterocycles. The number of nitrogens with zero attached hydrogens (tertiary/aromatic N) is 1. The number of aryl methyl sites for hydroxylation is 2. The highest BCUT2D eigenvalue weighted by Crippen LogP contribution is 2.27. The van der Waals surface area contributed by atoms with E-state index < -0.39 is 0 Å². The molecule has 1 amide bonds. The van der Waals surface area contributed by atoms with Crippen LogP contribution < -0.4 is 16.6 Å². The maximum atomic E-state index is 12.3. The second kappa shape index (κ2) is 8.77. The summed E-state index contributed by atoms with van der Waals surface area (Å²) >= 11 is 2.93. The second-order valence-corrected chi connectivity index (χ2v) is 8.54. The molecule has 1 unspecified atom stereocenters. The fraction of sp³-hybridized carbons (Fsp3) is 0.278. The normalized spacial score (nSPS) is 11.8. The Balaban J connectivity index is 0.00000261. The smallest absolute Gasteiger partial charge is 0.259 e. The zero-order valence-corrected chi connectivity index (χ0v) is 17.6. The van der Waals surface area contributed by atoms with Crippen molar-refractivity contribution in [3.63, 3.8) is 0 Å². The summed E-state index contributed by atoms with van der Waals surface area (Å²) in [4.78, 5) is 33.8. The molecule has 0 spiro atoms. The van der Waals surface area contributed by atoms with Crippen molar-refractivity contribution < 1.29 is 4.79 Å². The third kappa shape index (κ3) is 4.63. The number of halogens is 1. The molecule has 2 aromatic heterocycles. The van der Waals surface area contributed by atoms with Crippen molar-refractivity contribution >= 4 is 63.0 Å². The van der Waals surface area contributed by atoms with Gasteiger partial charge in [0.1, 0.15) is 10.7 Å². The van der Waals surface area contributed by atoms with E-state index in [1.165, 1.54) is 23.1 Å². The van der Waals surface area contributed by atoms with Gasteiger partial charge in [0, 0.05) is 4.88 Å². The van der Waals surface area contributed by atoms with Gasteiger partial charge in [-0.1, -0.05) is 12.1 Å². The van der Waals surface area contributed by atoms with Gasteiger partial charge in [-0.3, -0.25) is 9.59 Å². The lowest BCUT2D eigenvalue weighted by Crippen LogP contribution is -2.23. The van der Waals surface area contributed by atoms with E-state index in [1.54, 1.807) is 12.1 Å². The van der Waals surface area contributed by atoms with Crippen molar-refractivity contribution in [3.8, 4) is 0 Å². The minimum Gasteiger partial charge on any atom is -0.397 e. The first kappa shape index (κ1) is 21.3. The van der Waals surface area contributed by atoms with Crippen molar-refractivity contribution in [2.75, 3.05) is 11.1 Å². The van der Waals surface area contributed by atoms with E-state index in [1.807, 2.05) is 32.9 Å². The quantitative estimate of drug-likeness (QED) is 0.540. The van der Waals surface area contributed by atoms with Crippen LogP contribution in [0.15, 0.2) is 29.1 Å². The average molecular weight is 425 g/mol. The molecule has 0 bridgehead atoms. The number of aromatic nitrogens is 2. The fourth-order valence-corrected chi connectivity index (χ4v) is 4.30. The summed E-state index contributed by atoms with van der Waals surface area (Å²) in [5.74, 6) is 0.881. The maximum absolute atomic E-state index is 12.3. The summed E-state index contributed by atoms with van der Waals surface area (Å²) in [6, 6.07) is 7.13. The van der Waals surface area contributed by atoms with Gasteiger partial charge in [0.15, 0.2) is 0 Å². The van der Waals surface area contributed by atoms with Crippen LogP contribution in [-0.4, -0.2) is 21.1 Å². The number of nitrogens with one attached hydrogen (secondary N) is 2. The lowest BCUT2D eigenvalue weighted by molar-refractivity contribution is -0.115. The summed E-state index contributed by atoms with van der Waals surface area (Å²) < 4.78 is 0. The Morgan fingerprint density at radius 1 is 1.37 bits per heavy atom. The number of thiophene rings is 1. The number of benzene rings is 1. The number of thioether (sulfide) groups is 1. The van der Waals surface area contributed by atoms with Crippen molar-refractivity contribution in [2.24, 2.45) is 0 Å². The zero-order chi connectivity index (χ0) is 18.8. The number of para-hydroxylation sites is 2. The summed E-state index contributed by atoms with van der Waals surface area (Å²) in [6.45, 7) is 5.73. The third-order valence-electron chi connectivity index (χ3n) is 4.15. The molecule has 0 fully saturated rings. The largest absolute Gasteiger partial charge is 0.397 e. The van der Waals surface area contributed by atoms with Gasteiger partial charge in [0.2, 0.25) is 5.91 Å². The van der Waals surface area contributed by atoms with Gasteiger partial charge in [-0.2, -0.15) is 0 Å². The van der Waals surface area contributed by atoms with Crippen LogP contribution in [0.1, 0.15) is 23.2 Å². The highest BCUT2D eigenvalue weighted by molar-refractivity contribution is 7.99. The SMILES string of the molecule is Cc1sc2nc(CSC(C)C(=O)Nc3ccccc3N)[nH]c(=O)c2c1C.Cl. The number of anilines is 2. The summed E-state index contributed by atoms with van der Waals surface area (Å²) in [6.07, 6.45) is 0. The van der Waals surface area contributed by atoms with Gasteiger partial charge in [0.05, 0.1) is 27.8 Å². The lowest BCUT2D eigenvalue weighted by Gasteiger charge is -2.13. The zero-order valence-electron chi connectivity index (χ0n) is 15.2. The molecule has 3 aromatic rings. The predicted octanol–water partition coefficient (Wildman–Crippen LogP) is 3.87. The highest BCUT2D eigenvalue weighted by atomic mass is 35.5. The van der Waals surface area contributed by atoms with Gasteiger partial charge in [0.25, 0.3) is 5.56 Å². The van der Waals surface area contributed by atoms with Crippen molar-refractivity contribution in [3.05, 3.63) is 50.9 Å². The molecule has 0 aliphatic rings. The molecule has 0 aliphatic carbocycles. The first-order chi connectivity index (χ1) is 12.4. The molecule has 1 aromatic carbocycles. The maximum Gasteiger partial charge on any atom is 0.259 e. The molecule has 1 atom stereocenters. The Morgan fingerprint density at radius 3 is 2.78 bits per heavy atom. The molecule has 9 heteroatoms. The van der Waals surface area contributed by atoms with E-state index >= 15 is 0 Å². The molecular weight excluding hydrogens is 404 g/mol. The van der Waals surface area contributed by atoms with E-state index in [9.17, 15) is 9.59 Å². The number of carbonyl (C=O) groups excluding carboxylic acids is 1. The Morgan fingerprint density at radius 2 is 2.07 bits per heavy atom. The number of nitrogens with two attached hydrogens (primary N) is 1. The number of hydrogen-bond donors (Lipinski definition) is 3. The minimum atomic E-state index is -0.317. The lowest BCUT2D eigenvalue weighted by atomic mass is 10.2. The molecule has 0 radical (unpaired) electrons. The van der Waals surface area contributed by atoms with Gasteiger partial charge in [-0.15, -0.1) is 35.5 Å². The van der Waals surface area contributed by atoms with Gasteiger partial charge in [-0.25, -0.2) is 4.98 Å². The fourth-order valence-electron chi connectivity index (χ4n) is 2.49. The number of fused-ring (bicyclic) bond motifs is 1. The second-order valence-electron chi connectivity index (χ2n) is 6.01. The van der Waals surface area contributed by atoms with Crippen LogP contribution in [0.3, 0.4) is 0 Å². The molecular formula is C18H21ClN4O2S2. The van der Waals surface area contributed by atoms with Crippen LogP contribution in [0.5, 0.6) is 0 Å². The van der Waals surface area contributed by atoms with Crippen LogP contribution >= 0.6 is 35.5 Å². The monoisotopic (exact) mass is 424 g/mol. The molecule has 6 nitrogen and oxygen atoms in total. The number of carbonyl (C=O) groups is 1.